The third kappa shape index (κ3) is 1.55. The minimum absolute atomic E-state index is 0.139. The van der Waals surface area contributed by atoms with Gasteiger partial charge in [0.15, 0.2) is 0 Å². The lowest BCUT2D eigenvalue weighted by Crippen LogP contribution is -2.44. The van der Waals surface area contributed by atoms with Crippen LogP contribution in [0.1, 0.15) is 25.1 Å². The van der Waals surface area contributed by atoms with Crippen molar-refractivity contribution in [2.24, 2.45) is 0 Å². The van der Waals surface area contributed by atoms with Crippen molar-refractivity contribution in [2.45, 2.75) is 44.5 Å². The Morgan fingerprint density at radius 1 is 1.33 bits per heavy atom. The van der Waals surface area contributed by atoms with Crippen molar-refractivity contribution in [3.63, 3.8) is 0 Å². The van der Waals surface area contributed by atoms with E-state index in [-0.39, 0.29) is 6.10 Å². The van der Waals surface area contributed by atoms with Gasteiger partial charge >= 0.3 is 0 Å². The third-order valence-electron chi connectivity index (χ3n) is 3.58. The Kier molecular flexibility index (Phi) is 2.21. The van der Waals surface area contributed by atoms with Crippen LogP contribution in [-0.2, 0) is 13.1 Å². The number of aliphatic hydroxyl groups excluding tert-OH is 1. The monoisotopic (exact) mass is 208 g/mol. The Morgan fingerprint density at radius 3 is 3.07 bits per heavy atom. The molecule has 1 aromatic heterocycles. The number of aromatic nitrogens is 3. The molecule has 3 rings (SSSR count). The summed E-state index contributed by atoms with van der Waals surface area (Å²) < 4.78 is 2.10. The van der Waals surface area contributed by atoms with Gasteiger partial charge in [-0.2, -0.15) is 0 Å². The number of aliphatic hydroxyl groups is 1. The first kappa shape index (κ1) is 9.30. The van der Waals surface area contributed by atoms with Crippen LogP contribution in [-0.4, -0.2) is 43.5 Å². The van der Waals surface area contributed by atoms with Crippen LogP contribution >= 0.6 is 0 Å². The molecule has 0 radical (unpaired) electrons. The van der Waals surface area contributed by atoms with E-state index in [1.165, 1.54) is 0 Å². The largest absolute Gasteiger partial charge is 0.391 e. The van der Waals surface area contributed by atoms with Gasteiger partial charge in [-0.3, -0.25) is 4.90 Å². The number of fused-ring (bicyclic) bond motifs is 1. The summed E-state index contributed by atoms with van der Waals surface area (Å²) in [5.41, 5.74) is 0. The molecule has 2 aliphatic rings. The first-order valence-corrected chi connectivity index (χ1v) is 5.63. The van der Waals surface area contributed by atoms with E-state index < -0.39 is 0 Å². The van der Waals surface area contributed by atoms with E-state index in [9.17, 15) is 5.11 Å². The number of hydrogen-bond acceptors (Lipinski definition) is 4. The Labute approximate surface area is 88.7 Å². The maximum absolute atomic E-state index is 9.86. The average molecular weight is 208 g/mol. The molecule has 0 aromatic carbocycles. The molecule has 5 nitrogen and oxygen atoms in total. The van der Waals surface area contributed by atoms with Gasteiger partial charge in [-0.05, 0) is 19.3 Å². The molecule has 2 heterocycles. The molecule has 5 heteroatoms. The van der Waals surface area contributed by atoms with Crippen LogP contribution in [0.4, 0.5) is 0 Å². The Bertz CT molecular complexity index is 351. The molecule has 0 saturated heterocycles. The van der Waals surface area contributed by atoms with Crippen LogP contribution < -0.4 is 0 Å². The molecule has 0 amide bonds. The highest BCUT2D eigenvalue weighted by molar-refractivity contribution is 4.94. The van der Waals surface area contributed by atoms with Crippen molar-refractivity contribution in [1.29, 1.82) is 0 Å². The SMILES string of the molecule is OC1CCCC1N1CCn2cnnc2C1. The fourth-order valence-corrected chi connectivity index (χ4v) is 2.71. The zero-order chi connectivity index (χ0) is 10.3. The number of nitrogens with zero attached hydrogens (tertiary/aromatic N) is 4. The predicted octanol–water partition coefficient (Wildman–Crippen LogP) is 0.00710. The van der Waals surface area contributed by atoms with Gasteiger partial charge in [0.25, 0.3) is 0 Å². The molecule has 2 atom stereocenters. The van der Waals surface area contributed by atoms with Crippen molar-refractivity contribution in [3.05, 3.63) is 12.2 Å². The minimum atomic E-state index is -0.139. The van der Waals surface area contributed by atoms with Crippen molar-refractivity contribution in [3.8, 4) is 0 Å². The van der Waals surface area contributed by atoms with Crippen LogP contribution in [0.25, 0.3) is 0 Å². The Hall–Kier alpha value is -0.940. The summed E-state index contributed by atoms with van der Waals surface area (Å²) in [6.45, 7) is 2.79. The van der Waals surface area contributed by atoms with Crippen LogP contribution in [0.2, 0.25) is 0 Å². The summed E-state index contributed by atoms with van der Waals surface area (Å²) in [4.78, 5) is 2.35. The summed E-state index contributed by atoms with van der Waals surface area (Å²) >= 11 is 0. The average Bonchev–Trinajstić information content (AvgIpc) is 2.84. The highest BCUT2D eigenvalue weighted by Gasteiger charge is 2.32. The van der Waals surface area contributed by atoms with Gasteiger partial charge in [-0.1, -0.05) is 0 Å². The summed E-state index contributed by atoms with van der Waals surface area (Å²) in [6, 6.07) is 0.343. The van der Waals surface area contributed by atoms with E-state index >= 15 is 0 Å². The van der Waals surface area contributed by atoms with Crippen molar-refractivity contribution < 1.29 is 5.11 Å². The van der Waals surface area contributed by atoms with E-state index in [0.29, 0.717) is 6.04 Å². The van der Waals surface area contributed by atoms with Crippen molar-refractivity contribution in [2.75, 3.05) is 6.54 Å². The van der Waals surface area contributed by atoms with Gasteiger partial charge in [-0.15, -0.1) is 10.2 Å². The van der Waals surface area contributed by atoms with E-state index in [4.69, 9.17) is 0 Å². The second-order valence-corrected chi connectivity index (χ2v) is 4.48. The first-order chi connectivity index (χ1) is 7.34. The highest BCUT2D eigenvalue weighted by atomic mass is 16.3. The summed E-state index contributed by atoms with van der Waals surface area (Å²) in [5.74, 6) is 1.03. The van der Waals surface area contributed by atoms with Gasteiger partial charge < -0.3 is 9.67 Å². The minimum Gasteiger partial charge on any atom is -0.391 e. The molecule has 1 N–H and O–H groups in total. The summed E-state index contributed by atoms with van der Waals surface area (Å²) in [6.07, 6.45) is 4.87. The second kappa shape index (κ2) is 3.57. The van der Waals surface area contributed by atoms with E-state index in [0.717, 1.165) is 44.7 Å². The van der Waals surface area contributed by atoms with E-state index in [1.54, 1.807) is 6.33 Å². The maximum atomic E-state index is 9.86. The maximum Gasteiger partial charge on any atom is 0.147 e. The molecule has 1 saturated carbocycles. The standard InChI is InChI=1S/C10H16N4O/c15-9-3-1-2-8(9)13-4-5-14-7-11-12-10(14)6-13/h7-9,15H,1-6H2. The van der Waals surface area contributed by atoms with Gasteiger partial charge in [0.1, 0.15) is 12.2 Å². The lowest BCUT2D eigenvalue weighted by molar-refractivity contribution is 0.0532. The van der Waals surface area contributed by atoms with E-state index in [1.807, 2.05) is 0 Å². The molecule has 0 bridgehead atoms. The van der Waals surface area contributed by atoms with Crippen LogP contribution in [0.3, 0.4) is 0 Å². The van der Waals surface area contributed by atoms with Gasteiger partial charge in [-0.25, -0.2) is 0 Å². The topological polar surface area (TPSA) is 54.2 Å². The van der Waals surface area contributed by atoms with Crippen LogP contribution in [0, 0.1) is 0 Å². The predicted molar refractivity (Wildman–Crippen MR) is 54.1 cm³/mol. The molecule has 0 spiro atoms. The normalized spacial score (nSPS) is 31.8. The molecule has 1 aliphatic carbocycles. The van der Waals surface area contributed by atoms with Crippen molar-refractivity contribution >= 4 is 0 Å². The lowest BCUT2D eigenvalue weighted by Gasteiger charge is -2.33. The van der Waals surface area contributed by atoms with E-state index in [2.05, 4.69) is 19.7 Å². The lowest BCUT2D eigenvalue weighted by atomic mass is 10.1. The van der Waals surface area contributed by atoms with Gasteiger partial charge in [0.05, 0.1) is 12.6 Å². The Balaban J connectivity index is 1.75. The number of rotatable bonds is 1. The molecule has 15 heavy (non-hydrogen) atoms. The van der Waals surface area contributed by atoms with Crippen molar-refractivity contribution in [1.82, 2.24) is 19.7 Å². The molecular weight excluding hydrogens is 192 g/mol. The fourth-order valence-electron chi connectivity index (χ4n) is 2.71. The van der Waals surface area contributed by atoms with Gasteiger partial charge in [0, 0.05) is 19.1 Å². The summed E-state index contributed by atoms with van der Waals surface area (Å²) in [5, 5.41) is 17.9. The molecule has 82 valence electrons. The number of hydrogen-bond donors (Lipinski definition) is 1. The zero-order valence-electron chi connectivity index (χ0n) is 8.71. The van der Waals surface area contributed by atoms with Crippen LogP contribution in [0.5, 0.6) is 0 Å². The smallest absolute Gasteiger partial charge is 0.147 e. The molecule has 1 aliphatic heterocycles. The molecular formula is C10H16N4O. The zero-order valence-corrected chi connectivity index (χ0v) is 8.71. The van der Waals surface area contributed by atoms with Crippen LogP contribution in [0.15, 0.2) is 6.33 Å². The van der Waals surface area contributed by atoms with Gasteiger partial charge in [0.2, 0.25) is 0 Å². The Morgan fingerprint density at radius 2 is 2.27 bits per heavy atom. The fraction of sp³-hybridized carbons (Fsp3) is 0.800. The second-order valence-electron chi connectivity index (χ2n) is 4.48. The first-order valence-electron chi connectivity index (χ1n) is 5.63. The highest BCUT2D eigenvalue weighted by Crippen LogP contribution is 2.26. The summed E-state index contributed by atoms with van der Waals surface area (Å²) in [7, 11) is 0. The third-order valence-corrected chi connectivity index (χ3v) is 3.58. The molecule has 1 aromatic rings. The molecule has 1 fully saturated rings. The quantitative estimate of drug-likeness (QED) is 0.706. The molecule has 2 unspecified atom stereocenters.